The van der Waals surface area contributed by atoms with Crippen molar-refractivity contribution in [1.82, 2.24) is 10.6 Å². The molecule has 1 aliphatic carbocycles. The molecule has 0 saturated heterocycles. The third kappa shape index (κ3) is 4.68. The van der Waals surface area contributed by atoms with Crippen LogP contribution in [0.15, 0.2) is 15.9 Å². The fourth-order valence-corrected chi connectivity index (χ4v) is 3.49. The highest BCUT2D eigenvalue weighted by atomic mass is 79.9. The Hall–Kier alpha value is -0.630. The zero-order chi connectivity index (χ0) is 15.6. The highest BCUT2D eigenvalue weighted by Gasteiger charge is 2.42. The average molecular weight is 411 g/mol. The largest absolute Gasteiger partial charge is 0.348 e. The molecule has 8 heteroatoms. The van der Waals surface area contributed by atoms with Gasteiger partial charge in [-0.3, -0.25) is 9.59 Å². The van der Waals surface area contributed by atoms with E-state index in [4.69, 9.17) is 5.73 Å². The van der Waals surface area contributed by atoms with Crippen LogP contribution in [0.2, 0.25) is 0 Å². The van der Waals surface area contributed by atoms with Gasteiger partial charge in [-0.15, -0.1) is 23.7 Å². The number of thiophene rings is 1. The molecule has 2 rings (SSSR count). The fourth-order valence-electron chi connectivity index (χ4n) is 2.20. The van der Waals surface area contributed by atoms with Crippen LogP contribution in [0, 0.1) is 5.92 Å². The molecule has 1 saturated carbocycles. The normalized spacial score (nSPS) is 17.8. The van der Waals surface area contributed by atoms with E-state index >= 15 is 0 Å². The molecule has 1 aromatic rings. The number of carbonyl (C=O) groups excluding carboxylic acids is 2. The SMILES string of the molecule is CC(NC(=O)c1ccc(Br)s1)C(=O)NC(C)(CN)C1CC1.Cl. The molecule has 2 amide bonds. The first-order valence-electron chi connectivity index (χ1n) is 6.94. The molecule has 0 bridgehead atoms. The van der Waals surface area contributed by atoms with Gasteiger partial charge in [-0.2, -0.15) is 0 Å². The summed E-state index contributed by atoms with van der Waals surface area (Å²) >= 11 is 4.65. The van der Waals surface area contributed by atoms with Crippen molar-refractivity contribution in [3.63, 3.8) is 0 Å². The van der Waals surface area contributed by atoms with Gasteiger partial charge in [0, 0.05) is 6.54 Å². The van der Waals surface area contributed by atoms with Crippen LogP contribution in [0.1, 0.15) is 36.4 Å². The summed E-state index contributed by atoms with van der Waals surface area (Å²) in [4.78, 5) is 24.8. The Morgan fingerprint density at radius 1 is 1.50 bits per heavy atom. The van der Waals surface area contributed by atoms with Crippen molar-refractivity contribution >= 4 is 51.5 Å². The molecule has 2 atom stereocenters. The monoisotopic (exact) mass is 409 g/mol. The van der Waals surface area contributed by atoms with Crippen molar-refractivity contribution < 1.29 is 9.59 Å². The van der Waals surface area contributed by atoms with Crippen LogP contribution >= 0.6 is 39.7 Å². The van der Waals surface area contributed by atoms with Crippen LogP contribution in [0.4, 0.5) is 0 Å². The van der Waals surface area contributed by atoms with Gasteiger partial charge in [-0.1, -0.05) is 0 Å². The summed E-state index contributed by atoms with van der Waals surface area (Å²) in [6.07, 6.45) is 2.19. The van der Waals surface area contributed by atoms with E-state index in [1.54, 1.807) is 13.0 Å². The van der Waals surface area contributed by atoms with Gasteiger partial charge in [0.1, 0.15) is 6.04 Å². The number of halogens is 2. The predicted molar refractivity (Wildman–Crippen MR) is 94.5 cm³/mol. The molecule has 1 aliphatic rings. The zero-order valence-electron chi connectivity index (χ0n) is 12.5. The summed E-state index contributed by atoms with van der Waals surface area (Å²) in [5.41, 5.74) is 5.41. The van der Waals surface area contributed by atoms with Crippen LogP contribution in [-0.2, 0) is 4.79 Å². The molecule has 1 heterocycles. The van der Waals surface area contributed by atoms with Gasteiger partial charge < -0.3 is 16.4 Å². The van der Waals surface area contributed by atoms with Gasteiger partial charge in [0.05, 0.1) is 14.2 Å². The maximum atomic E-state index is 12.2. The lowest BCUT2D eigenvalue weighted by Crippen LogP contribution is -2.57. The first kappa shape index (κ1) is 19.4. The Morgan fingerprint density at radius 3 is 2.59 bits per heavy atom. The van der Waals surface area contributed by atoms with Gasteiger partial charge in [0.2, 0.25) is 5.91 Å². The zero-order valence-corrected chi connectivity index (χ0v) is 15.7. The molecule has 4 N–H and O–H groups in total. The minimum absolute atomic E-state index is 0. The maximum Gasteiger partial charge on any atom is 0.262 e. The molecule has 22 heavy (non-hydrogen) atoms. The van der Waals surface area contributed by atoms with Gasteiger partial charge in [0.15, 0.2) is 0 Å². The first-order valence-corrected chi connectivity index (χ1v) is 8.55. The lowest BCUT2D eigenvalue weighted by Gasteiger charge is -2.31. The smallest absolute Gasteiger partial charge is 0.262 e. The summed E-state index contributed by atoms with van der Waals surface area (Å²) < 4.78 is 0.884. The van der Waals surface area contributed by atoms with Gasteiger partial charge in [0.25, 0.3) is 5.91 Å². The summed E-state index contributed by atoms with van der Waals surface area (Å²) in [5, 5.41) is 5.70. The fraction of sp³-hybridized carbons (Fsp3) is 0.571. The van der Waals surface area contributed by atoms with Crippen molar-refractivity contribution in [2.75, 3.05) is 6.54 Å². The summed E-state index contributed by atoms with van der Waals surface area (Å²) in [5.74, 6) is 0.00986. The molecule has 124 valence electrons. The molecular formula is C14H21BrClN3O2S. The standard InChI is InChI=1S/C14H20BrN3O2S.ClH/c1-8(17-13(20)10-5-6-11(15)21-10)12(19)18-14(2,7-16)9-3-4-9;/h5-6,8-9H,3-4,7,16H2,1-2H3,(H,17,20)(H,18,19);1H. The van der Waals surface area contributed by atoms with Crippen LogP contribution in [0.5, 0.6) is 0 Å². The van der Waals surface area contributed by atoms with Crippen LogP contribution < -0.4 is 16.4 Å². The Bertz CT molecular complexity index is 550. The molecule has 5 nitrogen and oxygen atoms in total. The van der Waals surface area contributed by atoms with Crippen molar-refractivity contribution in [2.24, 2.45) is 11.7 Å². The van der Waals surface area contributed by atoms with Gasteiger partial charge >= 0.3 is 0 Å². The van der Waals surface area contributed by atoms with Crippen molar-refractivity contribution in [2.45, 2.75) is 38.3 Å². The molecule has 1 fully saturated rings. The predicted octanol–water partition coefficient (Wildman–Crippen LogP) is 2.29. The lowest BCUT2D eigenvalue weighted by atomic mass is 9.95. The third-order valence-corrected chi connectivity index (χ3v) is 5.47. The highest BCUT2D eigenvalue weighted by Crippen LogP contribution is 2.38. The molecule has 0 spiro atoms. The van der Waals surface area contributed by atoms with Crippen molar-refractivity contribution in [3.05, 3.63) is 20.8 Å². The first-order chi connectivity index (χ1) is 9.85. The third-order valence-electron chi connectivity index (χ3n) is 3.85. The number of hydrogen-bond acceptors (Lipinski definition) is 4. The number of hydrogen-bond donors (Lipinski definition) is 3. The van der Waals surface area contributed by atoms with E-state index < -0.39 is 6.04 Å². The van der Waals surface area contributed by atoms with E-state index in [1.165, 1.54) is 11.3 Å². The molecule has 0 aromatic carbocycles. The van der Waals surface area contributed by atoms with E-state index in [9.17, 15) is 9.59 Å². The quantitative estimate of drug-likeness (QED) is 0.673. The Morgan fingerprint density at radius 2 is 2.14 bits per heavy atom. The van der Waals surface area contributed by atoms with Crippen molar-refractivity contribution in [1.29, 1.82) is 0 Å². The van der Waals surface area contributed by atoms with Crippen LogP contribution in [-0.4, -0.2) is 29.9 Å². The Labute approximate surface area is 148 Å². The second-order valence-corrected chi connectivity index (χ2v) is 8.15. The van der Waals surface area contributed by atoms with Crippen LogP contribution in [0.25, 0.3) is 0 Å². The van der Waals surface area contributed by atoms with E-state index in [0.717, 1.165) is 16.6 Å². The lowest BCUT2D eigenvalue weighted by molar-refractivity contribution is -0.124. The van der Waals surface area contributed by atoms with E-state index in [-0.39, 0.29) is 29.8 Å². The summed E-state index contributed by atoms with van der Waals surface area (Å²) in [7, 11) is 0. The highest BCUT2D eigenvalue weighted by molar-refractivity contribution is 9.11. The number of carbonyl (C=O) groups is 2. The number of nitrogens with two attached hydrogens (primary N) is 1. The average Bonchev–Trinajstić information content (AvgIpc) is 3.21. The van der Waals surface area contributed by atoms with Crippen LogP contribution in [0.3, 0.4) is 0 Å². The molecule has 1 aromatic heterocycles. The summed E-state index contributed by atoms with van der Waals surface area (Å²) in [6, 6.07) is 2.94. The second-order valence-electron chi connectivity index (χ2n) is 5.68. The molecule has 2 unspecified atom stereocenters. The summed E-state index contributed by atoms with van der Waals surface area (Å²) in [6.45, 7) is 4.05. The maximum absolute atomic E-state index is 12.2. The van der Waals surface area contributed by atoms with Crippen molar-refractivity contribution in [3.8, 4) is 0 Å². The number of amides is 2. The molecular weight excluding hydrogens is 390 g/mol. The number of rotatable bonds is 6. The minimum Gasteiger partial charge on any atom is -0.348 e. The Kier molecular flexibility index (Phi) is 6.85. The Balaban J connectivity index is 0.00000242. The number of nitrogens with one attached hydrogen (secondary N) is 2. The van der Waals surface area contributed by atoms with E-state index in [1.807, 2.05) is 13.0 Å². The molecule has 0 aliphatic heterocycles. The second kappa shape index (κ2) is 7.77. The minimum atomic E-state index is -0.594. The van der Waals surface area contributed by atoms with Gasteiger partial charge in [-0.05, 0) is 60.7 Å². The van der Waals surface area contributed by atoms with E-state index in [2.05, 4.69) is 26.6 Å². The molecule has 0 radical (unpaired) electrons. The van der Waals surface area contributed by atoms with Gasteiger partial charge in [-0.25, -0.2) is 0 Å². The van der Waals surface area contributed by atoms with E-state index in [0.29, 0.717) is 17.3 Å². The topological polar surface area (TPSA) is 84.2 Å².